The maximum absolute atomic E-state index is 13.6. The zero-order chi connectivity index (χ0) is 13.2. The lowest BCUT2D eigenvalue weighted by Gasteiger charge is -2.12. The van der Waals surface area contributed by atoms with Gasteiger partial charge in [0.25, 0.3) is 0 Å². The fourth-order valence-electron chi connectivity index (χ4n) is 1.73. The van der Waals surface area contributed by atoms with Gasteiger partial charge in [-0.3, -0.25) is 0 Å². The molecule has 1 atom stereocenters. The van der Waals surface area contributed by atoms with Crippen LogP contribution in [0.15, 0.2) is 23.1 Å². The second-order valence-electron chi connectivity index (χ2n) is 4.08. The van der Waals surface area contributed by atoms with Crippen molar-refractivity contribution in [3.05, 3.63) is 24.0 Å². The van der Waals surface area contributed by atoms with E-state index in [1.54, 1.807) is 0 Å². The van der Waals surface area contributed by atoms with Gasteiger partial charge in [-0.05, 0) is 31.0 Å². The molecule has 0 bridgehead atoms. The fourth-order valence-corrected chi connectivity index (χ4v) is 2.26. The van der Waals surface area contributed by atoms with Gasteiger partial charge in [-0.2, -0.15) is 0 Å². The molecule has 100 valence electrons. The first-order chi connectivity index (χ1) is 8.47. The van der Waals surface area contributed by atoms with Crippen LogP contribution in [0.2, 0.25) is 0 Å². The number of benzene rings is 1. The van der Waals surface area contributed by atoms with Crippen molar-refractivity contribution in [2.45, 2.75) is 23.8 Å². The van der Waals surface area contributed by atoms with Crippen LogP contribution in [0.25, 0.3) is 0 Å². The Hall–Kier alpha value is -1.18. The minimum atomic E-state index is -3.89. The highest BCUT2D eigenvalue weighted by Crippen LogP contribution is 2.22. The van der Waals surface area contributed by atoms with E-state index in [2.05, 4.69) is 0 Å². The third kappa shape index (κ3) is 3.18. The highest BCUT2D eigenvalue weighted by Gasteiger charge is 2.18. The van der Waals surface area contributed by atoms with E-state index in [0.717, 1.165) is 18.9 Å². The molecule has 0 spiro atoms. The quantitative estimate of drug-likeness (QED) is 0.890. The molecule has 1 aromatic carbocycles. The molecular formula is C11H14FNO4S. The van der Waals surface area contributed by atoms with Gasteiger partial charge in [0.05, 0.1) is 11.0 Å². The second kappa shape index (κ2) is 5.21. The van der Waals surface area contributed by atoms with E-state index < -0.39 is 15.8 Å². The van der Waals surface area contributed by atoms with Crippen LogP contribution < -0.4 is 9.88 Å². The third-order valence-electron chi connectivity index (χ3n) is 2.68. The largest absolute Gasteiger partial charge is 0.488 e. The van der Waals surface area contributed by atoms with E-state index >= 15 is 0 Å². The van der Waals surface area contributed by atoms with Crippen LogP contribution in [0.5, 0.6) is 5.75 Å². The fraction of sp³-hybridized carbons (Fsp3) is 0.455. The highest BCUT2D eigenvalue weighted by molar-refractivity contribution is 7.89. The van der Waals surface area contributed by atoms with Crippen LogP contribution in [-0.4, -0.2) is 27.7 Å². The lowest BCUT2D eigenvalue weighted by atomic mass is 10.2. The number of hydrogen-bond acceptors (Lipinski definition) is 4. The minimum Gasteiger partial charge on any atom is -0.488 e. The van der Waals surface area contributed by atoms with Gasteiger partial charge in [-0.1, -0.05) is 0 Å². The molecule has 1 aromatic rings. The summed E-state index contributed by atoms with van der Waals surface area (Å²) in [4.78, 5) is -0.274. The van der Waals surface area contributed by atoms with Gasteiger partial charge in [-0.25, -0.2) is 17.9 Å². The molecule has 1 fully saturated rings. The van der Waals surface area contributed by atoms with Gasteiger partial charge in [0.15, 0.2) is 11.6 Å². The first-order valence-electron chi connectivity index (χ1n) is 5.53. The molecule has 5 nitrogen and oxygen atoms in total. The average Bonchev–Trinajstić information content (AvgIpc) is 2.79. The van der Waals surface area contributed by atoms with Crippen LogP contribution in [0.3, 0.4) is 0 Å². The van der Waals surface area contributed by atoms with Crippen LogP contribution in [0.4, 0.5) is 4.39 Å². The summed E-state index contributed by atoms with van der Waals surface area (Å²) in [5, 5.41) is 4.89. The maximum Gasteiger partial charge on any atom is 0.238 e. The SMILES string of the molecule is NS(=O)(=O)c1ccc(OCC2CCCO2)c(F)c1. The molecule has 0 aliphatic carbocycles. The molecule has 1 unspecified atom stereocenters. The number of ether oxygens (including phenoxy) is 2. The predicted molar refractivity (Wildman–Crippen MR) is 62.2 cm³/mol. The zero-order valence-corrected chi connectivity index (χ0v) is 10.5. The Labute approximate surface area is 105 Å². The summed E-state index contributed by atoms with van der Waals surface area (Å²) in [6.45, 7) is 0.951. The molecule has 1 aliphatic rings. The van der Waals surface area contributed by atoms with Gasteiger partial charge < -0.3 is 9.47 Å². The van der Waals surface area contributed by atoms with Crippen molar-refractivity contribution in [3.63, 3.8) is 0 Å². The van der Waals surface area contributed by atoms with Gasteiger partial charge >= 0.3 is 0 Å². The molecule has 0 amide bonds. The molecule has 0 saturated carbocycles. The number of halogens is 1. The van der Waals surface area contributed by atoms with E-state index in [-0.39, 0.29) is 23.4 Å². The third-order valence-corrected chi connectivity index (χ3v) is 3.59. The van der Waals surface area contributed by atoms with Crippen molar-refractivity contribution in [1.29, 1.82) is 0 Å². The normalized spacial score (nSPS) is 20.0. The Kier molecular flexibility index (Phi) is 3.84. The van der Waals surface area contributed by atoms with E-state index in [4.69, 9.17) is 14.6 Å². The van der Waals surface area contributed by atoms with Crippen LogP contribution >= 0.6 is 0 Å². The van der Waals surface area contributed by atoms with Crippen molar-refractivity contribution in [2.24, 2.45) is 5.14 Å². The summed E-state index contributed by atoms with van der Waals surface area (Å²) < 4.78 is 46.2. The Morgan fingerprint density at radius 2 is 2.28 bits per heavy atom. The first kappa shape index (κ1) is 13.3. The van der Waals surface area contributed by atoms with Crippen molar-refractivity contribution in [1.82, 2.24) is 0 Å². The summed E-state index contributed by atoms with van der Waals surface area (Å²) in [6.07, 6.45) is 1.83. The topological polar surface area (TPSA) is 78.6 Å². The predicted octanol–water partition coefficient (Wildman–Crippen LogP) is 1.03. The van der Waals surface area contributed by atoms with Gasteiger partial charge in [-0.15, -0.1) is 0 Å². The van der Waals surface area contributed by atoms with Crippen LogP contribution in [0.1, 0.15) is 12.8 Å². The Morgan fingerprint density at radius 3 is 2.83 bits per heavy atom. The van der Waals surface area contributed by atoms with E-state index in [0.29, 0.717) is 6.61 Å². The molecule has 18 heavy (non-hydrogen) atoms. The Balaban J connectivity index is 2.05. The number of hydrogen-bond donors (Lipinski definition) is 1. The standard InChI is InChI=1S/C11H14FNO4S/c12-10-6-9(18(13,14)15)3-4-11(10)17-7-8-2-1-5-16-8/h3-4,6,8H,1-2,5,7H2,(H2,13,14,15). The lowest BCUT2D eigenvalue weighted by molar-refractivity contribution is 0.0665. The van der Waals surface area contributed by atoms with Gasteiger partial charge in [0.2, 0.25) is 10.0 Å². The summed E-state index contributed by atoms with van der Waals surface area (Å²) in [5.74, 6) is -0.752. The lowest BCUT2D eigenvalue weighted by Crippen LogP contribution is -2.17. The van der Waals surface area contributed by atoms with Crippen molar-refractivity contribution < 1.29 is 22.3 Å². The van der Waals surface area contributed by atoms with Crippen molar-refractivity contribution in [2.75, 3.05) is 13.2 Å². The molecule has 7 heteroatoms. The maximum atomic E-state index is 13.6. The molecule has 1 aliphatic heterocycles. The second-order valence-corrected chi connectivity index (χ2v) is 5.64. The molecule has 1 saturated heterocycles. The Morgan fingerprint density at radius 1 is 1.50 bits per heavy atom. The molecule has 0 radical (unpaired) electrons. The first-order valence-corrected chi connectivity index (χ1v) is 7.08. The monoisotopic (exact) mass is 275 g/mol. The van der Waals surface area contributed by atoms with Crippen molar-refractivity contribution in [3.8, 4) is 5.75 Å². The molecule has 2 N–H and O–H groups in total. The molecule has 2 rings (SSSR count). The summed E-state index contributed by atoms with van der Waals surface area (Å²) in [6, 6.07) is 3.31. The number of rotatable bonds is 4. The summed E-state index contributed by atoms with van der Waals surface area (Å²) in [7, 11) is -3.89. The average molecular weight is 275 g/mol. The smallest absolute Gasteiger partial charge is 0.238 e. The van der Waals surface area contributed by atoms with Gasteiger partial charge in [0, 0.05) is 6.61 Å². The van der Waals surface area contributed by atoms with E-state index in [1.807, 2.05) is 0 Å². The highest BCUT2D eigenvalue weighted by atomic mass is 32.2. The molecular weight excluding hydrogens is 261 g/mol. The van der Waals surface area contributed by atoms with E-state index in [1.165, 1.54) is 12.1 Å². The van der Waals surface area contributed by atoms with Crippen molar-refractivity contribution >= 4 is 10.0 Å². The number of primary sulfonamides is 1. The molecule has 0 aromatic heterocycles. The van der Waals surface area contributed by atoms with E-state index in [9.17, 15) is 12.8 Å². The number of nitrogens with two attached hydrogens (primary N) is 1. The van der Waals surface area contributed by atoms with Crippen LogP contribution in [-0.2, 0) is 14.8 Å². The minimum absolute atomic E-state index is 0.00194. The Bertz CT molecular complexity index is 526. The van der Waals surface area contributed by atoms with Crippen LogP contribution in [0, 0.1) is 5.82 Å². The summed E-state index contributed by atoms with van der Waals surface area (Å²) >= 11 is 0. The number of sulfonamides is 1. The molecule has 1 heterocycles. The summed E-state index contributed by atoms with van der Waals surface area (Å²) in [5.41, 5.74) is 0. The van der Waals surface area contributed by atoms with Gasteiger partial charge in [0.1, 0.15) is 6.61 Å². The zero-order valence-electron chi connectivity index (χ0n) is 9.63.